The molecule has 7 heteroatoms. The number of nitrogens with one attached hydrogen (secondary N) is 1. The molecule has 2 N–H and O–H groups in total. The fraction of sp³-hybridized carbons (Fsp3) is 0.300. The summed E-state index contributed by atoms with van der Waals surface area (Å²) in [6.45, 7) is 1.53. The number of ether oxygens (including phenoxy) is 3. The third-order valence-electron chi connectivity index (χ3n) is 4.35. The summed E-state index contributed by atoms with van der Waals surface area (Å²) >= 11 is 0. The fourth-order valence-electron chi connectivity index (χ4n) is 2.79. The van der Waals surface area contributed by atoms with Crippen molar-refractivity contribution in [2.75, 3.05) is 26.6 Å². The van der Waals surface area contributed by atoms with Gasteiger partial charge in [0.2, 0.25) is 11.7 Å². The van der Waals surface area contributed by atoms with Gasteiger partial charge in [0.25, 0.3) is 0 Å². The van der Waals surface area contributed by atoms with Crippen LogP contribution in [-0.4, -0.2) is 38.3 Å². The molecule has 0 spiro atoms. The second kappa shape index (κ2) is 8.44. The minimum absolute atomic E-state index is 0.233. The topological polar surface area (TPSA) is 94.1 Å². The molecule has 0 saturated heterocycles. The smallest absolute Gasteiger partial charge is 0.314 e. The number of rotatable bonds is 8. The van der Waals surface area contributed by atoms with Crippen molar-refractivity contribution in [2.45, 2.75) is 18.8 Å². The molecule has 27 heavy (non-hydrogen) atoms. The van der Waals surface area contributed by atoms with E-state index >= 15 is 0 Å². The van der Waals surface area contributed by atoms with Crippen LogP contribution in [0.5, 0.6) is 17.2 Å². The maximum Gasteiger partial charge on any atom is 0.314 e. The highest BCUT2D eigenvalue weighted by Gasteiger charge is 2.37. The number of aliphatic carboxylic acids is 1. The first-order valence-corrected chi connectivity index (χ1v) is 8.24. The van der Waals surface area contributed by atoms with E-state index in [-0.39, 0.29) is 6.42 Å². The molecule has 0 bridgehead atoms. The average molecular weight is 373 g/mol. The van der Waals surface area contributed by atoms with E-state index in [1.165, 1.54) is 28.3 Å². The lowest BCUT2D eigenvalue weighted by Gasteiger charge is -2.25. The first-order valence-electron chi connectivity index (χ1n) is 8.24. The molecule has 0 fully saturated rings. The molecule has 2 aromatic carbocycles. The Morgan fingerprint density at radius 2 is 1.56 bits per heavy atom. The molecule has 2 aromatic rings. The SMILES string of the molecule is COc1cc(NC(=O)CC(C)(C(=O)O)c2ccccc2)cc(OC)c1OC. The highest BCUT2D eigenvalue weighted by molar-refractivity contribution is 5.96. The van der Waals surface area contributed by atoms with Crippen molar-refractivity contribution in [3.63, 3.8) is 0 Å². The standard InChI is InChI=1S/C20H23NO6/c1-20(19(23)24,13-8-6-5-7-9-13)12-17(22)21-14-10-15(25-2)18(27-4)16(11-14)26-3/h5-11H,12H2,1-4H3,(H,21,22)(H,23,24). The number of amides is 1. The molecule has 1 atom stereocenters. The lowest BCUT2D eigenvalue weighted by molar-refractivity contribution is -0.145. The van der Waals surface area contributed by atoms with E-state index in [4.69, 9.17) is 14.2 Å². The lowest BCUT2D eigenvalue weighted by atomic mass is 9.79. The minimum Gasteiger partial charge on any atom is -0.493 e. The van der Waals surface area contributed by atoms with Crippen molar-refractivity contribution < 1.29 is 28.9 Å². The van der Waals surface area contributed by atoms with E-state index in [9.17, 15) is 14.7 Å². The number of carbonyl (C=O) groups excluding carboxylic acids is 1. The summed E-state index contributed by atoms with van der Waals surface area (Å²) in [5.74, 6) is -0.350. The van der Waals surface area contributed by atoms with Crippen LogP contribution in [-0.2, 0) is 15.0 Å². The summed E-state index contributed by atoms with van der Waals surface area (Å²) in [6.07, 6.45) is -0.233. The number of hydrogen-bond donors (Lipinski definition) is 2. The molecule has 0 aromatic heterocycles. The van der Waals surface area contributed by atoms with Gasteiger partial charge in [0.15, 0.2) is 11.5 Å². The number of anilines is 1. The Kier molecular flexibility index (Phi) is 6.28. The predicted molar refractivity (Wildman–Crippen MR) is 101 cm³/mol. The normalized spacial score (nSPS) is 12.6. The van der Waals surface area contributed by atoms with Gasteiger partial charge >= 0.3 is 5.97 Å². The molecule has 7 nitrogen and oxygen atoms in total. The molecule has 0 saturated carbocycles. The zero-order valence-corrected chi connectivity index (χ0v) is 15.7. The van der Waals surface area contributed by atoms with Crippen molar-refractivity contribution >= 4 is 17.6 Å². The maximum atomic E-state index is 12.6. The van der Waals surface area contributed by atoms with Gasteiger partial charge in [-0.25, -0.2) is 0 Å². The minimum atomic E-state index is -1.36. The Morgan fingerprint density at radius 3 is 2.00 bits per heavy atom. The van der Waals surface area contributed by atoms with Gasteiger partial charge < -0.3 is 24.6 Å². The van der Waals surface area contributed by atoms with Gasteiger partial charge in [-0.1, -0.05) is 30.3 Å². The van der Waals surface area contributed by atoms with Gasteiger partial charge in [-0.05, 0) is 12.5 Å². The van der Waals surface area contributed by atoms with Gasteiger partial charge in [0, 0.05) is 24.2 Å². The van der Waals surface area contributed by atoms with Gasteiger partial charge in [-0.3, -0.25) is 9.59 Å². The summed E-state index contributed by atoms with van der Waals surface area (Å²) in [6, 6.07) is 11.8. The molecule has 2 rings (SSSR count). The Balaban J connectivity index is 2.27. The monoisotopic (exact) mass is 373 g/mol. The van der Waals surface area contributed by atoms with E-state index in [0.29, 0.717) is 28.5 Å². The highest BCUT2D eigenvalue weighted by Crippen LogP contribution is 2.40. The molecule has 0 aliphatic heterocycles. The molecular formula is C20H23NO6. The van der Waals surface area contributed by atoms with E-state index in [0.717, 1.165) is 0 Å². The lowest BCUT2D eigenvalue weighted by Crippen LogP contribution is -2.36. The second-order valence-electron chi connectivity index (χ2n) is 6.14. The van der Waals surface area contributed by atoms with Crippen molar-refractivity contribution in [1.29, 1.82) is 0 Å². The molecule has 0 radical (unpaired) electrons. The van der Waals surface area contributed by atoms with E-state index in [1.54, 1.807) is 42.5 Å². The fourth-order valence-corrected chi connectivity index (χ4v) is 2.79. The molecule has 0 aliphatic rings. The van der Waals surface area contributed by atoms with E-state index in [2.05, 4.69) is 5.32 Å². The van der Waals surface area contributed by atoms with Gasteiger partial charge in [-0.15, -0.1) is 0 Å². The number of methoxy groups -OCH3 is 3. The van der Waals surface area contributed by atoms with Crippen molar-refractivity contribution in [1.82, 2.24) is 0 Å². The first kappa shape index (κ1) is 20.1. The van der Waals surface area contributed by atoms with Crippen LogP contribution in [0.4, 0.5) is 5.69 Å². The van der Waals surface area contributed by atoms with Gasteiger partial charge in [0.1, 0.15) is 0 Å². The molecule has 1 unspecified atom stereocenters. The number of carbonyl (C=O) groups is 2. The van der Waals surface area contributed by atoms with Crippen LogP contribution in [0, 0.1) is 0 Å². The Hall–Kier alpha value is -3.22. The largest absolute Gasteiger partial charge is 0.493 e. The number of hydrogen-bond acceptors (Lipinski definition) is 5. The second-order valence-corrected chi connectivity index (χ2v) is 6.14. The highest BCUT2D eigenvalue weighted by atomic mass is 16.5. The van der Waals surface area contributed by atoms with Crippen LogP contribution < -0.4 is 19.5 Å². The van der Waals surface area contributed by atoms with Crippen LogP contribution in [0.15, 0.2) is 42.5 Å². The number of carboxylic acids is 1. The third-order valence-corrected chi connectivity index (χ3v) is 4.35. The van der Waals surface area contributed by atoms with E-state index in [1.807, 2.05) is 0 Å². The summed E-state index contributed by atoms with van der Waals surface area (Å²) in [5.41, 5.74) is -0.390. The molecule has 1 amide bonds. The summed E-state index contributed by atoms with van der Waals surface area (Å²) < 4.78 is 15.8. The van der Waals surface area contributed by atoms with Crippen LogP contribution in [0.1, 0.15) is 18.9 Å². The van der Waals surface area contributed by atoms with Crippen LogP contribution in [0.3, 0.4) is 0 Å². The summed E-state index contributed by atoms with van der Waals surface area (Å²) in [7, 11) is 4.43. The first-order chi connectivity index (χ1) is 12.8. The predicted octanol–water partition coefficient (Wildman–Crippen LogP) is 3.08. The molecule has 144 valence electrons. The zero-order valence-electron chi connectivity index (χ0n) is 15.7. The summed E-state index contributed by atoms with van der Waals surface area (Å²) in [4.78, 5) is 24.4. The molecule has 0 heterocycles. The van der Waals surface area contributed by atoms with E-state index < -0.39 is 17.3 Å². The Morgan fingerprint density at radius 1 is 1.00 bits per heavy atom. The zero-order chi connectivity index (χ0) is 20.0. The van der Waals surface area contributed by atoms with Crippen molar-refractivity contribution in [3.8, 4) is 17.2 Å². The van der Waals surface area contributed by atoms with Crippen LogP contribution >= 0.6 is 0 Å². The van der Waals surface area contributed by atoms with Crippen LogP contribution in [0.25, 0.3) is 0 Å². The third kappa shape index (κ3) is 4.31. The average Bonchev–Trinajstić information content (AvgIpc) is 2.67. The van der Waals surface area contributed by atoms with Crippen molar-refractivity contribution in [3.05, 3.63) is 48.0 Å². The van der Waals surface area contributed by atoms with Crippen LogP contribution in [0.2, 0.25) is 0 Å². The maximum absolute atomic E-state index is 12.6. The Labute approximate surface area is 157 Å². The summed E-state index contributed by atoms with van der Waals surface area (Å²) in [5, 5.41) is 12.4. The van der Waals surface area contributed by atoms with Gasteiger partial charge in [-0.2, -0.15) is 0 Å². The number of benzene rings is 2. The van der Waals surface area contributed by atoms with Gasteiger partial charge in [0.05, 0.1) is 26.7 Å². The molecule has 0 aliphatic carbocycles. The van der Waals surface area contributed by atoms with Crippen molar-refractivity contribution in [2.24, 2.45) is 0 Å². The molecular weight excluding hydrogens is 350 g/mol. The number of carboxylic acid groups (broad SMARTS) is 1. The Bertz CT molecular complexity index is 795. The quantitative estimate of drug-likeness (QED) is 0.738.